The second-order valence-electron chi connectivity index (χ2n) is 4.26. The fraction of sp³-hybridized carbons (Fsp3) is 0.462. The third kappa shape index (κ3) is 5.04. The van der Waals surface area contributed by atoms with Crippen molar-refractivity contribution in [2.75, 3.05) is 27.2 Å². The van der Waals surface area contributed by atoms with Gasteiger partial charge in [-0.15, -0.1) is 17.8 Å². The lowest BCUT2D eigenvalue weighted by molar-refractivity contribution is 0.523. The highest BCUT2D eigenvalue weighted by atomic mass is 32.2. The van der Waals surface area contributed by atoms with Gasteiger partial charge in [0.25, 0.3) is 10.0 Å². The van der Waals surface area contributed by atoms with Gasteiger partial charge in [-0.25, -0.2) is 17.7 Å². The molecule has 0 aromatic carbocycles. The first-order valence-corrected chi connectivity index (χ1v) is 8.64. The predicted octanol–water partition coefficient (Wildman–Crippen LogP) is 0.687. The lowest BCUT2D eigenvalue weighted by Gasteiger charge is -2.08. The van der Waals surface area contributed by atoms with Crippen LogP contribution in [0.1, 0.15) is 11.8 Å². The molecule has 1 aromatic heterocycles. The summed E-state index contributed by atoms with van der Waals surface area (Å²) in [5.41, 5.74) is 0. The Morgan fingerprint density at radius 3 is 2.71 bits per heavy atom. The van der Waals surface area contributed by atoms with Crippen molar-refractivity contribution >= 4 is 27.3 Å². The molecule has 0 saturated carbocycles. The normalized spacial score (nSPS) is 12.2. The summed E-state index contributed by atoms with van der Waals surface area (Å²) in [6, 6.07) is 3.38. The molecule has 6 nitrogen and oxygen atoms in total. The van der Waals surface area contributed by atoms with Crippen LogP contribution in [0.2, 0.25) is 0 Å². The highest BCUT2D eigenvalue weighted by molar-refractivity contribution is 7.91. The fourth-order valence-electron chi connectivity index (χ4n) is 1.40. The maximum Gasteiger partial charge on any atom is 0.252 e. The summed E-state index contributed by atoms with van der Waals surface area (Å²) in [6.45, 7) is 3.46. The minimum atomic E-state index is -3.37. The molecule has 0 fully saturated rings. The van der Waals surface area contributed by atoms with Crippen molar-refractivity contribution in [1.29, 1.82) is 0 Å². The molecule has 0 atom stereocenters. The van der Waals surface area contributed by atoms with Crippen LogP contribution in [0.25, 0.3) is 0 Å². The fourth-order valence-corrected chi connectivity index (χ4v) is 3.84. The first-order chi connectivity index (χ1) is 9.91. The number of rotatable bonds is 6. The van der Waals surface area contributed by atoms with Crippen LogP contribution in [0.3, 0.4) is 0 Å². The van der Waals surface area contributed by atoms with E-state index in [1.165, 1.54) is 29.7 Å². The highest BCUT2D eigenvalue weighted by Gasteiger charge is 2.19. The Morgan fingerprint density at radius 1 is 1.43 bits per heavy atom. The standard InChI is InChI=1S/C13H20N4O2S2/c1-5-9-15-13(14-6-2)16-10-11-7-8-12(20-11)21(18,19)17(3)4/h1,7-8H,6,9-10H2,2-4H3,(H2,14,15,16). The Kier molecular flexibility index (Phi) is 6.68. The van der Waals surface area contributed by atoms with E-state index in [2.05, 4.69) is 21.5 Å². The van der Waals surface area contributed by atoms with Crippen molar-refractivity contribution in [3.63, 3.8) is 0 Å². The van der Waals surface area contributed by atoms with E-state index in [1.807, 2.05) is 6.92 Å². The lowest BCUT2D eigenvalue weighted by atomic mass is 10.5. The van der Waals surface area contributed by atoms with Crippen LogP contribution in [0.15, 0.2) is 21.3 Å². The number of nitrogens with zero attached hydrogens (tertiary/aromatic N) is 2. The molecule has 1 rings (SSSR count). The zero-order valence-electron chi connectivity index (χ0n) is 12.4. The van der Waals surface area contributed by atoms with E-state index < -0.39 is 10.0 Å². The van der Waals surface area contributed by atoms with Gasteiger partial charge in [-0.1, -0.05) is 5.92 Å². The van der Waals surface area contributed by atoms with Gasteiger partial charge in [0.05, 0.1) is 13.1 Å². The van der Waals surface area contributed by atoms with Gasteiger partial charge in [-0.3, -0.25) is 0 Å². The molecule has 0 aliphatic heterocycles. The quantitative estimate of drug-likeness (QED) is 0.458. The second-order valence-corrected chi connectivity index (χ2v) is 7.81. The van der Waals surface area contributed by atoms with Crippen LogP contribution in [-0.2, 0) is 16.6 Å². The Labute approximate surface area is 130 Å². The zero-order valence-corrected chi connectivity index (χ0v) is 14.0. The maximum absolute atomic E-state index is 12.0. The van der Waals surface area contributed by atoms with Crippen LogP contribution >= 0.6 is 11.3 Å². The number of nitrogens with one attached hydrogen (secondary N) is 2. The number of guanidine groups is 1. The van der Waals surface area contributed by atoms with Crippen molar-refractivity contribution in [3.8, 4) is 12.3 Å². The third-order valence-corrected chi connectivity index (χ3v) is 5.82. The van der Waals surface area contributed by atoms with Crippen molar-refractivity contribution in [2.24, 2.45) is 4.99 Å². The molecule has 2 N–H and O–H groups in total. The molecule has 21 heavy (non-hydrogen) atoms. The molecule has 0 saturated heterocycles. The van der Waals surface area contributed by atoms with Crippen molar-refractivity contribution in [2.45, 2.75) is 17.7 Å². The number of sulfonamides is 1. The maximum atomic E-state index is 12.0. The van der Waals surface area contributed by atoms with E-state index in [0.717, 1.165) is 11.4 Å². The molecule has 116 valence electrons. The largest absolute Gasteiger partial charge is 0.357 e. The topological polar surface area (TPSA) is 73.8 Å². The van der Waals surface area contributed by atoms with E-state index >= 15 is 0 Å². The number of terminal acetylenes is 1. The monoisotopic (exact) mass is 328 g/mol. The average Bonchev–Trinajstić information content (AvgIpc) is 2.91. The van der Waals surface area contributed by atoms with Gasteiger partial charge in [0, 0.05) is 25.5 Å². The lowest BCUT2D eigenvalue weighted by Crippen LogP contribution is -2.37. The average molecular weight is 328 g/mol. The first kappa shape index (κ1) is 17.5. The molecular weight excluding hydrogens is 308 g/mol. The minimum Gasteiger partial charge on any atom is -0.357 e. The van der Waals surface area contributed by atoms with E-state index in [9.17, 15) is 8.42 Å². The number of hydrogen-bond donors (Lipinski definition) is 2. The molecule has 1 heterocycles. The van der Waals surface area contributed by atoms with Gasteiger partial charge >= 0.3 is 0 Å². The molecule has 0 radical (unpaired) electrons. The zero-order chi connectivity index (χ0) is 15.9. The van der Waals surface area contributed by atoms with E-state index in [1.54, 1.807) is 12.1 Å². The van der Waals surface area contributed by atoms with Gasteiger partial charge in [0.1, 0.15) is 4.21 Å². The number of hydrogen-bond acceptors (Lipinski definition) is 4. The Hall–Kier alpha value is -1.56. The van der Waals surface area contributed by atoms with Crippen LogP contribution in [-0.4, -0.2) is 45.9 Å². The van der Waals surface area contributed by atoms with Gasteiger partial charge in [-0.2, -0.15) is 0 Å². The van der Waals surface area contributed by atoms with Crippen LogP contribution < -0.4 is 10.6 Å². The van der Waals surface area contributed by atoms with Gasteiger partial charge in [-0.05, 0) is 19.1 Å². The van der Waals surface area contributed by atoms with E-state index in [4.69, 9.17) is 6.42 Å². The van der Waals surface area contributed by atoms with Gasteiger partial charge in [0.2, 0.25) is 0 Å². The van der Waals surface area contributed by atoms with Crippen molar-refractivity contribution in [1.82, 2.24) is 14.9 Å². The van der Waals surface area contributed by atoms with E-state index in [-0.39, 0.29) is 0 Å². The Balaban J connectivity index is 2.80. The second kappa shape index (κ2) is 8.02. The predicted molar refractivity (Wildman–Crippen MR) is 86.8 cm³/mol. The smallest absolute Gasteiger partial charge is 0.252 e. The number of thiophene rings is 1. The summed E-state index contributed by atoms with van der Waals surface area (Å²) in [4.78, 5) is 5.23. The first-order valence-electron chi connectivity index (χ1n) is 6.38. The van der Waals surface area contributed by atoms with Crippen LogP contribution in [0, 0.1) is 12.3 Å². The van der Waals surface area contributed by atoms with Crippen molar-refractivity contribution < 1.29 is 8.42 Å². The molecule has 1 aromatic rings. The minimum absolute atomic E-state index is 0.319. The summed E-state index contributed by atoms with van der Waals surface area (Å²) < 4.78 is 25.5. The number of aliphatic imine (C=N–C) groups is 1. The third-order valence-electron chi connectivity index (χ3n) is 2.47. The summed E-state index contributed by atoms with van der Waals surface area (Å²) in [5.74, 6) is 3.09. The molecule has 0 aliphatic carbocycles. The van der Waals surface area contributed by atoms with Gasteiger partial charge < -0.3 is 10.6 Å². The van der Waals surface area contributed by atoms with Crippen LogP contribution in [0.5, 0.6) is 0 Å². The highest BCUT2D eigenvalue weighted by Crippen LogP contribution is 2.24. The van der Waals surface area contributed by atoms with E-state index in [0.29, 0.717) is 23.3 Å². The molecule has 0 amide bonds. The summed E-state index contributed by atoms with van der Waals surface area (Å²) >= 11 is 1.22. The summed E-state index contributed by atoms with van der Waals surface area (Å²) in [5, 5.41) is 6.04. The molecular formula is C13H20N4O2S2. The van der Waals surface area contributed by atoms with Gasteiger partial charge in [0.15, 0.2) is 5.96 Å². The Bertz CT molecular complexity index is 627. The molecule has 0 unspecified atom stereocenters. The Morgan fingerprint density at radius 2 is 2.14 bits per heavy atom. The van der Waals surface area contributed by atoms with Crippen molar-refractivity contribution in [3.05, 3.63) is 17.0 Å². The summed E-state index contributed by atoms with van der Waals surface area (Å²) in [7, 11) is -0.346. The molecule has 0 bridgehead atoms. The van der Waals surface area contributed by atoms with Crippen LogP contribution in [0.4, 0.5) is 0 Å². The molecule has 0 aliphatic rings. The summed E-state index contributed by atoms with van der Waals surface area (Å²) in [6.07, 6.45) is 5.20. The molecule has 0 spiro atoms. The SMILES string of the molecule is C#CCNC(=NCc1ccc(S(=O)(=O)N(C)C)s1)NCC. The molecule has 8 heteroatoms.